The molecule has 1 saturated heterocycles. The number of ketones is 1. The first-order valence-corrected chi connectivity index (χ1v) is 7.46. The van der Waals surface area contributed by atoms with Crippen LogP contribution >= 0.6 is 23.8 Å². The molecule has 0 spiro atoms. The molecule has 1 N–H and O–H groups in total. The van der Waals surface area contributed by atoms with Crippen LogP contribution in [0.4, 0.5) is 5.69 Å². The van der Waals surface area contributed by atoms with Crippen LogP contribution in [-0.2, 0) is 9.59 Å². The molecule has 2 aromatic rings. The van der Waals surface area contributed by atoms with Crippen molar-refractivity contribution in [1.82, 2.24) is 0 Å². The van der Waals surface area contributed by atoms with E-state index >= 15 is 0 Å². The number of halogens is 1. The van der Waals surface area contributed by atoms with Crippen LogP contribution in [0.1, 0.15) is 5.56 Å². The number of hydrogen-bond acceptors (Lipinski definition) is 4. The molecule has 0 aromatic heterocycles. The third-order valence-corrected chi connectivity index (χ3v) is 4.05. The minimum atomic E-state index is -0.827. The van der Waals surface area contributed by atoms with E-state index in [0.29, 0.717) is 16.3 Å². The number of thiocarbonyl (C=S) groups is 1. The van der Waals surface area contributed by atoms with E-state index in [0.717, 1.165) is 4.90 Å². The largest absolute Gasteiger partial charge is 0.506 e. The number of aliphatic hydroxyl groups is 1. The van der Waals surface area contributed by atoms with Crippen molar-refractivity contribution in [3.8, 4) is 0 Å². The Kier molecular flexibility index (Phi) is 3.98. The van der Waals surface area contributed by atoms with Crippen molar-refractivity contribution in [2.45, 2.75) is 0 Å². The van der Waals surface area contributed by atoms with Gasteiger partial charge in [-0.1, -0.05) is 42.0 Å². The number of para-hydroxylation sites is 1. The third kappa shape index (κ3) is 2.65. The van der Waals surface area contributed by atoms with Gasteiger partial charge < -0.3 is 5.11 Å². The quantitative estimate of drug-likeness (QED) is 0.392. The van der Waals surface area contributed by atoms with E-state index in [-0.39, 0.29) is 16.3 Å². The first kappa shape index (κ1) is 15.4. The van der Waals surface area contributed by atoms with Gasteiger partial charge in [0.25, 0.3) is 5.78 Å². The summed E-state index contributed by atoms with van der Waals surface area (Å²) in [5.74, 6) is -1.94. The van der Waals surface area contributed by atoms with Gasteiger partial charge in [0.15, 0.2) is 0 Å². The maximum absolute atomic E-state index is 12.3. The fraction of sp³-hybridized carbons (Fsp3) is 0. The summed E-state index contributed by atoms with van der Waals surface area (Å²) >= 11 is 11.0. The lowest BCUT2D eigenvalue weighted by molar-refractivity contribution is -0.132. The molecule has 0 bridgehead atoms. The molecule has 0 radical (unpaired) electrons. The summed E-state index contributed by atoms with van der Waals surface area (Å²) < 4.78 is 0. The highest BCUT2D eigenvalue weighted by atomic mass is 35.5. The first-order valence-electron chi connectivity index (χ1n) is 6.68. The summed E-state index contributed by atoms with van der Waals surface area (Å²) in [7, 11) is 0. The minimum Gasteiger partial charge on any atom is -0.506 e. The molecule has 1 aliphatic heterocycles. The second-order valence-corrected chi connectivity index (χ2v) is 5.66. The number of aliphatic hydroxyl groups excluding tert-OH is 1. The van der Waals surface area contributed by atoms with E-state index < -0.39 is 11.7 Å². The molecule has 6 heteroatoms. The van der Waals surface area contributed by atoms with E-state index in [1.807, 2.05) is 0 Å². The average molecular weight is 344 g/mol. The van der Waals surface area contributed by atoms with E-state index in [9.17, 15) is 14.7 Å². The van der Waals surface area contributed by atoms with Crippen LogP contribution in [0.5, 0.6) is 0 Å². The molecular weight excluding hydrogens is 334 g/mol. The highest BCUT2D eigenvalue weighted by Crippen LogP contribution is 2.29. The van der Waals surface area contributed by atoms with Crippen molar-refractivity contribution in [3.05, 3.63) is 70.8 Å². The lowest BCUT2D eigenvalue weighted by Gasteiger charge is -2.14. The summed E-state index contributed by atoms with van der Waals surface area (Å²) in [6.07, 6.45) is 0. The van der Waals surface area contributed by atoms with Crippen molar-refractivity contribution in [1.29, 1.82) is 0 Å². The fourth-order valence-electron chi connectivity index (χ4n) is 2.28. The Balaban J connectivity index is 2.09. The Morgan fingerprint density at radius 3 is 2.22 bits per heavy atom. The minimum absolute atomic E-state index is 0.0151. The number of benzene rings is 2. The van der Waals surface area contributed by atoms with Crippen LogP contribution in [0, 0.1) is 0 Å². The zero-order valence-electron chi connectivity index (χ0n) is 11.7. The van der Waals surface area contributed by atoms with E-state index in [4.69, 9.17) is 23.8 Å². The maximum Gasteiger partial charge on any atom is 0.304 e. The van der Waals surface area contributed by atoms with Gasteiger partial charge in [-0.15, -0.1) is 0 Å². The second kappa shape index (κ2) is 5.95. The van der Waals surface area contributed by atoms with Crippen molar-refractivity contribution in [2.75, 3.05) is 4.90 Å². The number of rotatable bonds is 2. The molecule has 0 atom stereocenters. The van der Waals surface area contributed by atoms with Crippen molar-refractivity contribution >= 4 is 51.9 Å². The lowest BCUT2D eigenvalue weighted by Crippen LogP contribution is -2.29. The fourth-order valence-corrected chi connectivity index (χ4v) is 2.79. The smallest absolute Gasteiger partial charge is 0.304 e. The molecule has 1 heterocycles. The van der Waals surface area contributed by atoms with Gasteiger partial charge in [-0.2, -0.15) is 0 Å². The van der Waals surface area contributed by atoms with Gasteiger partial charge in [-0.25, -0.2) is 0 Å². The third-order valence-electron chi connectivity index (χ3n) is 3.41. The van der Waals surface area contributed by atoms with E-state index in [1.54, 1.807) is 54.6 Å². The number of anilines is 1. The van der Waals surface area contributed by atoms with E-state index in [1.165, 1.54) is 0 Å². The summed E-state index contributed by atoms with van der Waals surface area (Å²) in [5, 5.41) is 10.9. The van der Waals surface area contributed by atoms with Crippen molar-refractivity contribution in [3.63, 3.8) is 0 Å². The summed E-state index contributed by atoms with van der Waals surface area (Å²) in [6, 6.07) is 14.8. The highest BCUT2D eigenvalue weighted by molar-refractivity contribution is 7.81. The predicted octanol–water partition coefficient (Wildman–Crippen LogP) is 3.55. The number of nitrogens with zero attached hydrogens (tertiary/aromatic N) is 1. The molecule has 2 aromatic carbocycles. The van der Waals surface area contributed by atoms with Crippen LogP contribution in [0.15, 0.2) is 60.2 Å². The van der Waals surface area contributed by atoms with Gasteiger partial charge in [-0.05, 0) is 36.4 Å². The molecule has 3 rings (SSSR count). The molecule has 4 nitrogen and oxygen atoms in total. The molecule has 1 amide bonds. The second-order valence-electron chi connectivity index (χ2n) is 4.84. The standard InChI is InChI=1S/C17H10ClNO3S/c18-11-8-6-10(7-9-11)14(20)13-15(21)16(22)19(17(13)23)12-4-2-1-3-5-12/h1-9,20H. The Morgan fingerprint density at radius 2 is 1.61 bits per heavy atom. The number of hydrogen-bond donors (Lipinski definition) is 1. The van der Waals surface area contributed by atoms with Gasteiger partial charge in [0.1, 0.15) is 16.3 Å². The number of carbonyl (C=O) groups is 2. The zero-order chi connectivity index (χ0) is 16.6. The van der Waals surface area contributed by atoms with Gasteiger partial charge in [0.05, 0.1) is 5.69 Å². The van der Waals surface area contributed by atoms with Crippen molar-refractivity contribution < 1.29 is 14.7 Å². The zero-order valence-corrected chi connectivity index (χ0v) is 13.3. The topological polar surface area (TPSA) is 57.6 Å². The summed E-state index contributed by atoms with van der Waals surface area (Å²) in [5.41, 5.74) is 0.675. The number of carbonyl (C=O) groups excluding carboxylic acids is 2. The van der Waals surface area contributed by atoms with Crippen LogP contribution in [0.2, 0.25) is 5.02 Å². The Labute approximate surface area is 142 Å². The Morgan fingerprint density at radius 1 is 1.00 bits per heavy atom. The van der Waals surface area contributed by atoms with Crippen LogP contribution in [0.25, 0.3) is 5.76 Å². The monoisotopic (exact) mass is 343 g/mol. The Bertz CT molecular complexity index is 844. The number of amides is 1. The molecule has 23 heavy (non-hydrogen) atoms. The predicted molar refractivity (Wildman–Crippen MR) is 92.5 cm³/mol. The van der Waals surface area contributed by atoms with Crippen molar-refractivity contribution in [2.24, 2.45) is 0 Å². The summed E-state index contributed by atoms with van der Waals surface area (Å²) in [4.78, 5) is 25.6. The van der Waals surface area contributed by atoms with Crippen LogP contribution < -0.4 is 4.90 Å². The molecule has 1 aliphatic rings. The maximum atomic E-state index is 12.3. The van der Waals surface area contributed by atoms with Gasteiger partial charge >= 0.3 is 5.91 Å². The summed E-state index contributed by atoms with van der Waals surface area (Å²) in [6.45, 7) is 0. The molecular formula is C17H10ClNO3S. The first-order chi connectivity index (χ1) is 11.0. The molecule has 114 valence electrons. The molecule has 0 unspecified atom stereocenters. The van der Waals surface area contributed by atoms with E-state index in [2.05, 4.69) is 0 Å². The highest BCUT2D eigenvalue weighted by Gasteiger charge is 2.42. The normalized spacial score (nSPS) is 16.9. The van der Waals surface area contributed by atoms with Crippen LogP contribution in [0.3, 0.4) is 0 Å². The van der Waals surface area contributed by atoms with Gasteiger partial charge in [0.2, 0.25) is 0 Å². The molecule has 0 aliphatic carbocycles. The van der Waals surface area contributed by atoms with Gasteiger partial charge in [0, 0.05) is 10.6 Å². The molecule has 0 saturated carbocycles. The SMILES string of the molecule is O=C1C(=O)N(c2ccccc2)C(=S)C1=C(O)c1ccc(Cl)cc1. The van der Waals surface area contributed by atoms with Gasteiger partial charge in [-0.3, -0.25) is 14.5 Å². The Hall–Kier alpha value is -2.50. The average Bonchev–Trinajstić information content (AvgIpc) is 2.78. The van der Waals surface area contributed by atoms with Crippen LogP contribution in [-0.4, -0.2) is 21.8 Å². The molecule has 1 fully saturated rings. The lowest BCUT2D eigenvalue weighted by atomic mass is 10.1. The number of Topliss-reactive ketones (excluding diaryl/α,β-unsaturated/α-hetero) is 1.